The van der Waals surface area contributed by atoms with Gasteiger partial charge in [0.05, 0.1) is 16.2 Å². The van der Waals surface area contributed by atoms with Crippen LogP contribution in [0.4, 0.5) is 0 Å². The zero-order valence-electron chi connectivity index (χ0n) is 11.8. The Bertz CT molecular complexity index is 551. The molecule has 3 atom stereocenters. The first-order chi connectivity index (χ1) is 9.32. The van der Waals surface area contributed by atoms with E-state index in [0.29, 0.717) is 29.7 Å². The summed E-state index contributed by atoms with van der Waals surface area (Å²) in [4.78, 5) is 0.246. The Hall–Kier alpha value is -0.580. The Balaban J connectivity index is 2.29. The summed E-state index contributed by atoms with van der Waals surface area (Å²) in [6, 6.07) is 6.18. The second kappa shape index (κ2) is 6.04. The smallest absolute Gasteiger partial charge is 0.183 e. The molecule has 3 unspecified atom stereocenters. The monoisotopic (exact) mass is 316 g/mol. The van der Waals surface area contributed by atoms with Crippen LogP contribution in [0, 0.1) is 11.8 Å². The second-order valence-electron chi connectivity index (χ2n) is 5.92. The highest BCUT2D eigenvalue weighted by molar-refractivity contribution is 7.92. The molecule has 1 aliphatic rings. The van der Waals surface area contributed by atoms with Crippen LogP contribution in [0.2, 0.25) is 5.02 Å². The number of hydrogen-bond acceptors (Lipinski definition) is 3. The summed E-state index contributed by atoms with van der Waals surface area (Å²) in [6.45, 7) is 4.21. The maximum atomic E-state index is 12.7. The maximum Gasteiger partial charge on any atom is 0.183 e. The van der Waals surface area contributed by atoms with E-state index in [9.17, 15) is 13.5 Å². The van der Waals surface area contributed by atoms with Gasteiger partial charge in [-0.15, -0.1) is 0 Å². The number of halogens is 1. The summed E-state index contributed by atoms with van der Waals surface area (Å²) in [5.74, 6) is 0.788. The van der Waals surface area contributed by atoms with E-state index in [1.165, 1.54) is 12.1 Å². The molecule has 3 nitrogen and oxygen atoms in total. The van der Waals surface area contributed by atoms with Crippen molar-refractivity contribution in [2.24, 2.45) is 11.8 Å². The molecule has 0 saturated heterocycles. The molecule has 1 aromatic carbocycles. The van der Waals surface area contributed by atoms with Gasteiger partial charge in [-0.05, 0) is 55.4 Å². The molecule has 0 aromatic heterocycles. The highest BCUT2D eigenvalue weighted by Gasteiger charge is 2.39. The minimum atomic E-state index is -3.50. The standard InChI is InChI=1S/C15H21ClO3S/c1-10(2)11-3-8-14(17)15(9-11)20(18,19)13-6-4-12(16)5-7-13/h4-7,10-11,14-15,17H,3,8-9H2,1-2H3. The first kappa shape index (κ1) is 15.8. The number of aliphatic hydroxyl groups is 1. The predicted octanol–water partition coefficient (Wildman–Crippen LogP) is 3.30. The van der Waals surface area contributed by atoms with Crippen LogP contribution in [0.1, 0.15) is 33.1 Å². The third-order valence-electron chi connectivity index (χ3n) is 4.28. The molecule has 112 valence electrons. The van der Waals surface area contributed by atoms with E-state index in [0.717, 1.165) is 6.42 Å². The Labute approximate surface area is 125 Å². The fourth-order valence-corrected chi connectivity index (χ4v) is 4.92. The highest BCUT2D eigenvalue weighted by atomic mass is 35.5. The van der Waals surface area contributed by atoms with E-state index in [2.05, 4.69) is 13.8 Å². The third-order valence-corrected chi connectivity index (χ3v) is 6.77. The molecule has 1 fully saturated rings. The molecule has 1 aliphatic carbocycles. The fraction of sp³-hybridized carbons (Fsp3) is 0.600. The van der Waals surface area contributed by atoms with E-state index < -0.39 is 21.2 Å². The molecular weight excluding hydrogens is 296 g/mol. The molecule has 0 aliphatic heterocycles. The van der Waals surface area contributed by atoms with E-state index in [1.807, 2.05) is 0 Å². The van der Waals surface area contributed by atoms with Gasteiger partial charge in [-0.1, -0.05) is 25.4 Å². The maximum absolute atomic E-state index is 12.7. The van der Waals surface area contributed by atoms with Crippen LogP contribution in [0.25, 0.3) is 0 Å². The van der Waals surface area contributed by atoms with Gasteiger partial charge in [0, 0.05) is 5.02 Å². The SMILES string of the molecule is CC(C)C1CCC(O)C(S(=O)(=O)c2ccc(Cl)cc2)C1. The largest absolute Gasteiger partial charge is 0.392 e. The lowest BCUT2D eigenvalue weighted by atomic mass is 9.80. The summed E-state index contributed by atoms with van der Waals surface area (Å²) < 4.78 is 25.3. The predicted molar refractivity (Wildman–Crippen MR) is 80.6 cm³/mol. The third kappa shape index (κ3) is 3.18. The topological polar surface area (TPSA) is 54.4 Å². The van der Waals surface area contributed by atoms with Gasteiger partial charge < -0.3 is 5.11 Å². The number of rotatable bonds is 3. The van der Waals surface area contributed by atoms with Gasteiger partial charge in [-0.2, -0.15) is 0 Å². The summed E-state index contributed by atoms with van der Waals surface area (Å²) in [5.41, 5.74) is 0. The molecule has 0 bridgehead atoms. The Morgan fingerprint density at radius 1 is 1.20 bits per heavy atom. The molecule has 0 heterocycles. The summed E-state index contributed by atoms with van der Waals surface area (Å²) in [7, 11) is -3.50. The molecule has 0 spiro atoms. The molecule has 1 saturated carbocycles. The molecule has 0 amide bonds. The highest BCUT2D eigenvalue weighted by Crippen LogP contribution is 2.36. The van der Waals surface area contributed by atoms with Gasteiger partial charge in [0.25, 0.3) is 0 Å². The van der Waals surface area contributed by atoms with Gasteiger partial charge >= 0.3 is 0 Å². The van der Waals surface area contributed by atoms with Crippen molar-refractivity contribution in [2.45, 2.75) is 49.4 Å². The van der Waals surface area contributed by atoms with Gasteiger partial charge in [0.2, 0.25) is 0 Å². The van der Waals surface area contributed by atoms with Crippen LogP contribution in [-0.2, 0) is 9.84 Å². The van der Waals surface area contributed by atoms with Gasteiger partial charge in [0.1, 0.15) is 0 Å². The van der Waals surface area contributed by atoms with Crippen molar-refractivity contribution in [3.8, 4) is 0 Å². The summed E-state index contributed by atoms with van der Waals surface area (Å²) >= 11 is 5.80. The average molecular weight is 317 g/mol. The van der Waals surface area contributed by atoms with Crippen LogP contribution >= 0.6 is 11.6 Å². The zero-order chi connectivity index (χ0) is 14.9. The molecule has 2 rings (SSSR count). The van der Waals surface area contributed by atoms with Crippen LogP contribution in [-0.4, -0.2) is 24.9 Å². The van der Waals surface area contributed by atoms with Crippen LogP contribution in [0.15, 0.2) is 29.2 Å². The van der Waals surface area contributed by atoms with Crippen molar-refractivity contribution < 1.29 is 13.5 Å². The van der Waals surface area contributed by atoms with Crippen LogP contribution in [0.3, 0.4) is 0 Å². The molecule has 5 heteroatoms. The van der Waals surface area contributed by atoms with E-state index in [-0.39, 0.29) is 4.90 Å². The van der Waals surface area contributed by atoms with Crippen molar-refractivity contribution in [3.05, 3.63) is 29.3 Å². The second-order valence-corrected chi connectivity index (χ2v) is 8.53. The lowest BCUT2D eigenvalue weighted by Crippen LogP contribution is -2.41. The average Bonchev–Trinajstić information content (AvgIpc) is 2.39. The van der Waals surface area contributed by atoms with E-state index in [1.54, 1.807) is 12.1 Å². The minimum Gasteiger partial charge on any atom is -0.392 e. The normalized spacial score (nSPS) is 27.8. The molecule has 1 aromatic rings. The first-order valence-corrected chi connectivity index (χ1v) is 8.92. The summed E-state index contributed by atoms with van der Waals surface area (Å²) in [5, 5.41) is 9.92. The van der Waals surface area contributed by atoms with E-state index in [4.69, 9.17) is 11.6 Å². The van der Waals surface area contributed by atoms with Crippen LogP contribution < -0.4 is 0 Å². The van der Waals surface area contributed by atoms with Crippen molar-refractivity contribution in [3.63, 3.8) is 0 Å². The molecule has 1 N–H and O–H groups in total. The Morgan fingerprint density at radius 3 is 2.35 bits per heavy atom. The minimum absolute atomic E-state index is 0.246. The van der Waals surface area contributed by atoms with Crippen molar-refractivity contribution in [2.75, 3.05) is 0 Å². The fourth-order valence-electron chi connectivity index (χ4n) is 2.88. The van der Waals surface area contributed by atoms with Crippen LogP contribution in [0.5, 0.6) is 0 Å². The zero-order valence-corrected chi connectivity index (χ0v) is 13.4. The van der Waals surface area contributed by atoms with Crippen molar-refractivity contribution >= 4 is 21.4 Å². The molecular formula is C15H21ClO3S. The quantitative estimate of drug-likeness (QED) is 0.931. The van der Waals surface area contributed by atoms with Gasteiger partial charge in [0.15, 0.2) is 9.84 Å². The van der Waals surface area contributed by atoms with Gasteiger partial charge in [-0.25, -0.2) is 8.42 Å². The van der Waals surface area contributed by atoms with Crippen molar-refractivity contribution in [1.82, 2.24) is 0 Å². The number of aliphatic hydroxyl groups excluding tert-OH is 1. The van der Waals surface area contributed by atoms with E-state index >= 15 is 0 Å². The molecule has 20 heavy (non-hydrogen) atoms. The van der Waals surface area contributed by atoms with Crippen molar-refractivity contribution in [1.29, 1.82) is 0 Å². The Kier molecular flexibility index (Phi) is 4.77. The number of hydrogen-bond donors (Lipinski definition) is 1. The lowest BCUT2D eigenvalue weighted by molar-refractivity contribution is 0.0997. The molecule has 0 radical (unpaired) electrons. The Morgan fingerprint density at radius 2 is 1.80 bits per heavy atom. The number of sulfone groups is 1. The number of benzene rings is 1. The summed E-state index contributed by atoms with van der Waals surface area (Å²) in [6.07, 6.45) is 1.21. The lowest BCUT2D eigenvalue weighted by Gasteiger charge is -2.34. The van der Waals surface area contributed by atoms with Gasteiger partial charge in [-0.3, -0.25) is 0 Å². The first-order valence-electron chi connectivity index (χ1n) is 7.00.